The maximum atomic E-state index is 13.4. The monoisotopic (exact) mass is 254 g/mol. The van der Waals surface area contributed by atoms with Gasteiger partial charge in [-0.05, 0) is 43.0 Å². The number of hydrogen-bond acceptors (Lipinski definition) is 2. The van der Waals surface area contributed by atoms with E-state index in [1.165, 1.54) is 0 Å². The Labute approximate surface area is 105 Å². The predicted molar refractivity (Wildman–Crippen MR) is 63.3 cm³/mol. The van der Waals surface area contributed by atoms with Crippen LogP contribution in [-0.2, 0) is 16.0 Å². The SMILES string of the molecule is COC1(CC(=O)Cc2cc(F)ccc2F)CCC1. The average molecular weight is 254 g/mol. The maximum Gasteiger partial charge on any atom is 0.140 e. The molecule has 1 aromatic carbocycles. The molecule has 0 radical (unpaired) electrons. The fourth-order valence-electron chi connectivity index (χ4n) is 2.34. The molecule has 0 unspecified atom stereocenters. The van der Waals surface area contributed by atoms with E-state index in [4.69, 9.17) is 4.74 Å². The van der Waals surface area contributed by atoms with Crippen LogP contribution in [0.4, 0.5) is 8.78 Å². The molecule has 98 valence electrons. The third kappa shape index (κ3) is 2.75. The van der Waals surface area contributed by atoms with Crippen LogP contribution in [0.1, 0.15) is 31.2 Å². The van der Waals surface area contributed by atoms with Gasteiger partial charge in [0.25, 0.3) is 0 Å². The molecule has 0 spiro atoms. The van der Waals surface area contributed by atoms with Gasteiger partial charge in [-0.15, -0.1) is 0 Å². The number of carbonyl (C=O) groups excluding carboxylic acids is 1. The zero-order valence-corrected chi connectivity index (χ0v) is 10.3. The predicted octanol–water partition coefficient (Wildman–Crippen LogP) is 3.04. The van der Waals surface area contributed by atoms with Crippen molar-refractivity contribution in [2.45, 2.75) is 37.7 Å². The number of benzene rings is 1. The Kier molecular flexibility index (Phi) is 3.76. The van der Waals surface area contributed by atoms with Crippen molar-refractivity contribution < 1.29 is 18.3 Å². The lowest BCUT2D eigenvalue weighted by molar-refractivity contribution is -0.131. The van der Waals surface area contributed by atoms with E-state index in [1.54, 1.807) is 7.11 Å². The van der Waals surface area contributed by atoms with E-state index in [0.29, 0.717) is 0 Å². The minimum atomic E-state index is -0.537. The molecule has 0 amide bonds. The molecule has 0 heterocycles. The highest BCUT2D eigenvalue weighted by Crippen LogP contribution is 2.38. The smallest absolute Gasteiger partial charge is 0.140 e. The van der Waals surface area contributed by atoms with Crippen molar-refractivity contribution in [3.8, 4) is 0 Å². The Bertz CT molecular complexity index is 448. The quantitative estimate of drug-likeness (QED) is 0.807. The molecule has 0 atom stereocenters. The largest absolute Gasteiger partial charge is 0.378 e. The zero-order chi connectivity index (χ0) is 13.2. The van der Waals surface area contributed by atoms with E-state index >= 15 is 0 Å². The summed E-state index contributed by atoms with van der Waals surface area (Å²) in [4.78, 5) is 11.9. The molecule has 0 aromatic heterocycles. The number of ether oxygens (including phenoxy) is 1. The summed E-state index contributed by atoms with van der Waals surface area (Å²) in [7, 11) is 1.59. The average Bonchev–Trinajstić information content (AvgIpc) is 2.28. The highest BCUT2D eigenvalue weighted by atomic mass is 19.1. The van der Waals surface area contributed by atoms with Crippen LogP contribution in [0.25, 0.3) is 0 Å². The number of rotatable bonds is 5. The molecule has 4 heteroatoms. The first-order valence-corrected chi connectivity index (χ1v) is 6.05. The number of hydrogen-bond donors (Lipinski definition) is 0. The molecule has 1 aliphatic rings. The molecular formula is C14H16F2O2. The fraction of sp³-hybridized carbons (Fsp3) is 0.500. The number of ketones is 1. The number of methoxy groups -OCH3 is 1. The van der Waals surface area contributed by atoms with E-state index in [0.717, 1.165) is 37.5 Å². The second-order valence-electron chi connectivity index (χ2n) is 4.87. The Morgan fingerprint density at radius 3 is 2.67 bits per heavy atom. The van der Waals surface area contributed by atoms with Crippen molar-refractivity contribution in [3.63, 3.8) is 0 Å². The third-order valence-corrected chi connectivity index (χ3v) is 3.61. The summed E-state index contributed by atoms with van der Waals surface area (Å²) in [5.74, 6) is -1.17. The zero-order valence-electron chi connectivity index (χ0n) is 10.3. The van der Waals surface area contributed by atoms with Crippen molar-refractivity contribution >= 4 is 5.78 Å². The molecule has 0 saturated heterocycles. The first kappa shape index (κ1) is 13.1. The molecule has 18 heavy (non-hydrogen) atoms. The van der Waals surface area contributed by atoms with E-state index < -0.39 is 11.6 Å². The highest BCUT2D eigenvalue weighted by molar-refractivity contribution is 5.82. The summed E-state index contributed by atoms with van der Waals surface area (Å²) in [6, 6.07) is 3.17. The molecule has 1 fully saturated rings. The summed E-state index contributed by atoms with van der Waals surface area (Å²) < 4.78 is 31.7. The summed E-state index contributed by atoms with van der Waals surface area (Å²) >= 11 is 0. The van der Waals surface area contributed by atoms with Crippen LogP contribution < -0.4 is 0 Å². The second-order valence-corrected chi connectivity index (χ2v) is 4.87. The lowest BCUT2D eigenvalue weighted by atomic mass is 9.76. The summed E-state index contributed by atoms with van der Waals surface area (Å²) in [5, 5.41) is 0. The van der Waals surface area contributed by atoms with Gasteiger partial charge in [-0.3, -0.25) is 4.79 Å². The van der Waals surface area contributed by atoms with E-state index in [-0.39, 0.29) is 29.8 Å². The maximum absolute atomic E-state index is 13.4. The van der Waals surface area contributed by atoms with Crippen LogP contribution in [0.2, 0.25) is 0 Å². The van der Waals surface area contributed by atoms with Crippen molar-refractivity contribution in [1.29, 1.82) is 0 Å². The van der Waals surface area contributed by atoms with Crippen LogP contribution >= 0.6 is 0 Å². The summed E-state index contributed by atoms with van der Waals surface area (Å²) in [6.45, 7) is 0. The van der Waals surface area contributed by atoms with Crippen LogP contribution in [0, 0.1) is 11.6 Å². The molecule has 0 aliphatic heterocycles. The highest BCUT2D eigenvalue weighted by Gasteiger charge is 2.38. The molecule has 2 rings (SSSR count). The van der Waals surface area contributed by atoms with Gasteiger partial charge in [-0.1, -0.05) is 0 Å². The molecule has 0 N–H and O–H groups in total. The molecule has 2 nitrogen and oxygen atoms in total. The van der Waals surface area contributed by atoms with Gasteiger partial charge in [-0.25, -0.2) is 8.78 Å². The lowest BCUT2D eigenvalue weighted by Crippen LogP contribution is -2.41. The first-order valence-electron chi connectivity index (χ1n) is 6.05. The Morgan fingerprint density at radius 2 is 2.11 bits per heavy atom. The molecule has 0 bridgehead atoms. The first-order chi connectivity index (χ1) is 8.54. The topological polar surface area (TPSA) is 26.3 Å². The van der Waals surface area contributed by atoms with Gasteiger partial charge < -0.3 is 4.74 Å². The van der Waals surface area contributed by atoms with Crippen LogP contribution in [0.5, 0.6) is 0 Å². The fourth-order valence-corrected chi connectivity index (χ4v) is 2.34. The summed E-state index contributed by atoms with van der Waals surface area (Å²) in [6.07, 6.45) is 2.98. The minimum absolute atomic E-state index is 0.0747. The van der Waals surface area contributed by atoms with E-state index in [9.17, 15) is 13.6 Å². The van der Waals surface area contributed by atoms with Gasteiger partial charge in [0, 0.05) is 20.0 Å². The van der Waals surface area contributed by atoms with Gasteiger partial charge in [0.2, 0.25) is 0 Å². The number of Topliss-reactive ketones (excluding diaryl/α,β-unsaturated/α-hetero) is 1. The summed E-state index contributed by atoms with van der Waals surface area (Å²) in [5.41, 5.74) is -0.244. The van der Waals surface area contributed by atoms with Gasteiger partial charge in [0.1, 0.15) is 17.4 Å². The molecule has 1 saturated carbocycles. The van der Waals surface area contributed by atoms with Crippen LogP contribution in [0.3, 0.4) is 0 Å². The number of carbonyl (C=O) groups is 1. The molecule has 1 aliphatic carbocycles. The third-order valence-electron chi connectivity index (χ3n) is 3.61. The standard InChI is InChI=1S/C14H16F2O2/c1-18-14(5-2-6-14)9-12(17)8-10-7-11(15)3-4-13(10)16/h3-4,7H,2,5-6,8-9H2,1H3. The van der Waals surface area contributed by atoms with Crippen molar-refractivity contribution in [1.82, 2.24) is 0 Å². The Balaban J connectivity index is 2.00. The van der Waals surface area contributed by atoms with E-state index in [2.05, 4.69) is 0 Å². The molecule has 1 aromatic rings. The second kappa shape index (κ2) is 5.14. The Morgan fingerprint density at radius 1 is 1.39 bits per heavy atom. The van der Waals surface area contributed by atoms with Crippen LogP contribution in [0.15, 0.2) is 18.2 Å². The van der Waals surface area contributed by atoms with Crippen molar-refractivity contribution in [2.75, 3.05) is 7.11 Å². The van der Waals surface area contributed by atoms with Crippen molar-refractivity contribution in [3.05, 3.63) is 35.4 Å². The molecular weight excluding hydrogens is 238 g/mol. The van der Waals surface area contributed by atoms with Gasteiger partial charge >= 0.3 is 0 Å². The van der Waals surface area contributed by atoms with E-state index in [1.807, 2.05) is 0 Å². The normalized spacial score (nSPS) is 17.3. The van der Waals surface area contributed by atoms with Crippen molar-refractivity contribution in [2.24, 2.45) is 0 Å². The van der Waals surface area contributed by atoms with Gasteiger partial charge in [0.15, 0.2) is 0 Å². The Hall–Kier alpha value is -1.29. The minimum Gasteiger partial charge on any atom is -0.378 e. The van der Waals surface area contributed by atoms with Gasteiger partial charge in [-0.2, -0.15) is 0 Å². The number of halogens is 2. The van der Waals surface area contributed by atoms with Crippen LogP contribution in [-0.4, -0.2) is 18.5 Å². The lowest BCUT2D eigenvalue weighted by Gasteiger charge is -2.40. The van der Waals surface area contributed by atoms with Gasteiger partial charge in [0.05, 0.1) is 5.60 Å².